The van der Waals surface area contributed by atoms with E-state index in [-0.39, 0.29) is 5.91 Å². The Kier molecular flexibility index (Phi) is 3.78. The number of amides is 1. The van der Waals surface area contributed by atoms with E-state index in [2.05, 4.69) is 22.2 Å². The van der Waals surface area contributed by atoms with Gasteiger partial charge in [-0.15, -0.1) is 0 Å². The summed E-state index contributed by atoms with van der Waals surface area (Å²) in [6.07, 6.45) is 3.67. The minimum Gasteiger partial charge on any atom is -0.394 e. The molecule has 1 aromatic rings. The highest BCUT2D eigenvalue weighted by atomic mass is 16.1. The number of nitrogens with one attached hydrogen (secondary N) is 1. The van der Waals surface area contributed by atoms with Gasteiger partial charge in [0, 0.05) is 32.1 Å². The fraction of sp³-hybridized carbons (Fsp3) is 0.733. The molecule has 3 N–H and O–H groups in total. The summed E-state index contributed by atoms with van der Waals surface area (Å²) in [6.45, 7) is 6.91. The number of fused-ring (bicyclic) bond motifs is 1. The van der Waals surface area contributed by atoms with Gasteiger partial charge in [-0.05, 0) is 32.1 Å². The van der Waals surface area contributed by atoms with E-state index < -0.39 is 0 Å². The first-order valence-electron chi connectivity index (χ1n) is 7.97. The number of anilines is 2. The molecular weight excluding hydrogens is 266 g/mol. The van der Waals surface area contributed by atoms with Crippen LogP contribution < -0.4 is 16.0 Å². The number of carbonyl (C=O) groups excluding carboxylic acids is 1. The molecule has 2 aliphatic heterocycles. The normalized spacial score (nSPS) is 25.6. The van der Waals surface area contributed by atoms with Crippen molar-refractivity contribution < 1.29 is 4.79 Å². The fourth-order valence-corrected chi connectivity index (χ4v) is 3.59. The highest BCUT2D eigenvalue weighted by Gasteiger charge is 2.35. The summed E-state index contributed by atoms with van der Waals surface area (Å²) in [5.74, 6) is 1.81. The van der Waals surface area contributed by atoms with Crippen LogP contribution in [-0.2, 0) is 11.3 Å². The van der Waals surface area contributed by atoms with Gasteiger partial charge in [-0.1, -0.05) is 6.92 Å². The fourth-order valence-electron chi connectivity index (χ4n) is 3.59. The third-order valence-corrected chi connectivity index (χ3v) is 4.70. The Balaban J connectivity index is 1.80. The van der Waals surface area contributed by atoms with Crippen LogP contribution in [0.25, 0.3) is 0 Å². The number of hydrogen-bond donors (Lipinski definition) is 2. The summed E-state index contributed by atoms with van der Waals surface area (Å²) >= 11 is 0. The van der Waals surface area contributed by atoms with Gasteiger partial charge >= 0.3 is 0 Å². The first-order chi connectivity index (χ1) is 10.1. The van der Waals surface area contributed by atoms with E-state index in [0.717, 1.165) is 56.1 Å². The average Bonchev–Trinajstić information content (AvgIpc) is 2.74. The zero-order valence-electron chi connectivity index (χ0n) is 12.9. The van der Waals surface area contributed by atoms with Gasteiger partial charge in [-0.3, -0.25) is 4.79 Å². The lowest BCUT2D eigenvalue weighted by Gasteiger charge is -2.42. The molecule has 6 nitrogen and oxygen atoms in total. The van der Waals surface area contributed by atoms with Crippen molar-refractivity contribution in [2.45, 2.75) is 52.1 Å². The van der Waals surface area contributed by atoms with Gasteiger partial charge in [0.15, 0.2) is 5.82 Å². The van der Waals surface area contributed by atoms with E-state index in [9.17, 15) is 4.79 Å². The molecule has 3 heterocycles. The molecule has 0 spiro atoms. The molecule has 0 radical (unpaired) electrons. The van der Waals surface area contributed by atoms with Crippen molar-refractivity contribution in [3.63, 3.8) is 0 Å². The topological polar surface area (TPSA) is 76.2 Å². The molecule has 3 rings (SSSR count). The van der Waals surface area contributed by atoms with Crippen LogP contribution in [0, 0.1) is 12.8 Å². The summed E-state index contributed by atoms with van der Waals surface area (Å²) in [5, 5.41) is 7.70. The molecule has 2 saturated heterocycles. The van der Waals surface area contributed by atoms with Crippen LogP contribution in [0.4, 0.5) is 11.5 Å². The first-order valence-corrected chi connectivity index (χ1v) is 7.97. The Morgan fingerprint density at radius 3 is 3.00 bits per heavy atom. The molecule has 1 amide bonds. The molecule has 0 saturated carbocycles. The lowest BCUT2D eigenvalue weighted by Crippen LogP contribution is -2.54. The van der Waals surface area contributed by atoms with Crippen molar-refractivity contribution in [1.29, 1.82) is 0 Å². The number of aryl methyl sites for hydroxylation is 2. The summed E-state index contributed by atoms with van der Waals surface area (Å²) in [6, 6.07) is 0.340. The maximum atomic E-state index is 11.5. The lowest BCUT2D eigenvalue weighted by atomic mass is 9.85. The second-order valence-electron chi connectivity index (χ2n) is 6.25. The number of aromatic nitrogens is 2. The second-order valence-corrected chi connectivity index (χ2v) is 6.25. The van der Waals surface area contributed by atoms with Crippen LogP contribution in [-0.4, -0.2) is 34.8 Å². The van der Waals surface area contributed by atoms with Crippen LogP contribution >= 0.6 is 0 Å². The quantitative estimate of drug-likeness (QED) is 0.880. The lowest BCUT2D eigenvalue weighted by molar-refractivity contribution is -0.124. The van der Waals surface area contributed by atoms with Gasteiger partial charge in [0.05, 0.1) is 11.4 Å². The van der Waals surface area contributed by atoms with Crippen molar-refractivity contribution in [3.8, 4) is 0 Å². The standard InChI is InChI=1S/C15H25N5O/c1-3-7-20-15(14(16)10(2)18-20)19-8-6-12-11(9-19)4-5-13(21)17-12/h11-12H,3-9,16H2,1-2H3,(H,17,21). The zero-order chi connectivity index (χ0) is 15.0. The van der Waals surface area contributed by atoms with Crippen LogP contribution in [0.15, 0.2) is 0 Å². The highest BCUT2D eigenvalue weighted by molar-refractivity contribution is 5.77. The molecule has 0 bridgehead atoms. The highest BCUT2D eigenvalue weighted by Crippen LogP contribution is 2.33. The second kappa shape index (κ2) is 5.58. The van der Waals surface area contributed by atoms with Crippen molar-refractivity contribution in [1.82, 2.24) is 15.1 Å². The molecule has 0 aliphatic carbocycles. The SMILES string of the molecule is CCCn1nc(C)c(N)c1N1CCC2NC(=O)CCC2C1. The largest absolute Gasteiger partial charge is 0.394 e. The summed E-state index contributed by atoms with van der Waals surface area (Å²) in [4.78, 5) is 13.9. The van der Waals surface area contributed by atoms with Gasteiger partial charge in [0.2, 0.25) is 5.91 Å². The minimum atomic E-state index is 0.205. The molecule has 21 heavy (non-hydrogen) atoms. The van der Waals surface area contributed by atoms with Crippen LogP contribution in [0.2, 0.25) is 0 Å². The Hall–Kier alpha value is -1.72. The molecular formula is C15H25N5O. The van der Waals surface area contributed by atoms with Crippen molar-refractivity contribution >= 4 is 17.4 Å². The van der Waals surface area contributed by atoms with E-state index in [1.165, 1.54) is 0 Å². The Labute approximate surface area is 125 Å². The third kappa shape index (κ3) is 2.59. The van der Waals surface area contributed by atoms with E-state index in [1.54, 1.807) is 0 Å². The smallest absolute Gasteiger partial charge is 0.220 e. The van der Waals surface area contributed by atoms with Crippen LogP contribution in [0.5, 0.6) is 0 Å². The van der Waals surface area contributed by atoms with E-state index in [4.69, 9.17) is 5.73 Å². The maximum absolute atomic E-state index is 11.5. The molecule has 116 valence electrons. The van der Waals surface area contributed by atoms with Gasteiger partial charge in [-0.2, -0.15) is 5.10 Å². The Morgan fingerprint density at radius 1 is 1.43 bits per heavy atom. The van der Waals surface area contributed by atoms with Gasteiger partial charge in [0.25, 0.3) is 0 Å². The van der Waals surface area contributed by atoms with Crippen molar-refractivity contribution in [2.24, 2.45) is 5.92 Å². The first kappa shape index (κ1) is 14.2. The van der Waals surface area contributed by atoms with E-state index in [0.29, 0.717) is 18.4 Å². The number of hydrogen-bond acceptors (Lipinski definition) is 4. The molecule has 2 unspecified atom stereocenters. The number of nitrogen functional groups attached to an aromatic ring is 1. The third-order valence-electron chi connectivity index (χ3n) is 4.70. The van der Waals surface area contributed by atoms with E-state index >= 15 is 0 Å². The van der Waals surface area contributed by atoms with Gasteiger partial charge in [0.1, 0.15) is 0 Å². The minimum absolute atomic E-state index is 0.205. The number of carbonyl (C=O) groups is 1. The molecule has 2 aliphatic rings. The predicted molar refractivity (Wildman–Crippen MR) is 83.2 cm³/mol. The van der Waals surface area contributed by atoms with Crippen LogP contribution in [0.1, 0.15) is 38.3 Å². The van der Waals surface area contributed by atoms with Crippen LogP contribution in [0.3, 0.4) is 0 Å². The van der Waals surface area contributed by atoms with Crippen molar-refractivity contribution in [3.05, 3.63) is 5.69 Å². The number of rotatable bonds is 3. The van der Waals surface area contributed by atoms with E-state index in [1.807, 2.05) is 11.6 Å². The molecule has 6 heteroatoms. The zero-order valence-corrected chi connectivity index (χ0v) is 12.9. The molecule has 1 aromatic heterocycles. The molecule has 2 atom stereocenters. The van der Waals surface area contributed by atoms with Gasteiger partial charge in [-0.25, -0.2) is 4.68 Å². The Morgan fingerprint density at radius 2 is 2.24 bits per heavy atom. The summed E-state index contributed by atoms with van der Waals surface area (Å²) in [7, 11) is 0. The predicted octanol–water partition coefficient (Wildman–Crippen LogP) is 1.29. The monoisotopic (exact) mass is 291 g/mol. The summed E-state index contributed by atoms with van der Waals surface area (Å²) < 4.78 is 2.05. The maximum Gasteiger partial charge on any atom is 0.220 e. The molecule has 0 aromatic carbocycles. The molecule has 2 fully saturated rings. The Bertz CT molecular complexity index is 538. The number of nitrogens with zero attached hydrogens (tertiary/aromatic N) is 3. The average molecular weight is 291 g/mol. The number of piperidine rings is 2. The number of nitrogens with two attached hydrogens (primary N) is 1. The summed E-state index contributed by atoms with van der Waals surface area (Å²) in [5.41, 5.74) is 7.98. The van der Waals surface area contributed by atoms with Crippen molar-refractivity contribution in [2.75, 3.05) is 23.7 Å². The van der Waals surface area contributed by atoms with Gasteiger partial charge < -0.3 is 16.0 Å².